The molecule has 0 heterocycles. The van der Waals surface area contributed by atoms with Gasteiger partial charge in [0.2, 0.25) is 0 Å². The fourth-order valence-electron chi connectivity index (χ4n) is 4.22. The van der Waals surface area contributed by atoms with Gasteiger partial charge in [-0.05, 0) is 91.8 Å². The molecule has 3 aromatic rings. The number of anilines is 1. The van der Waals surface area contributed by atoms with Crippen LogP contribution in [0.2, 0.25) is 0 Å². The molecule has 0 saturated heterocycles. The van der Waals surface area contributed by atoms with Crippen LogP contribution in [-0.2, 0) is 0 Å². The zero-order chi connectivity index (χ0) is 28.4. The molecule has 0 aliphatic carbocycles. The number of hydrogen-bond donors (Lipinski definition) is 2. The van der Waals surface area contributed by atoms with Gasteiger partial charge in [0, 0.05) is 22.6 Å². The Balaban J connectivity index is 1.80. The molecule has 3 N–H and O–H groups in total. The van der Waals surface area contributed by atoms with Crippen molar-refractivity contribution in [2.75, 3.05) is 5.73 Å². The Morgan fingerprint density at radius 2 is 1.31 bits per heavy atom. The molecule has 0 spiro atoms. The number of allylic oxidation sites excluding steroid dienone is 10. The van der Waals surface area contributed by atoms with Gasteiger partial charge in [0.1, 0.15) is 0 Å². The highest BCUT2D eigenvalue weighted by molar-refractivity contribution is 5.77. The van der Waals surface area contributed by atoms with E-state index in [0.29, 0.717) is 0 Å². The van der Waals surface area contributed by atoms with E-state index in [9.17, 15) is 0 Å². The quantitative estimate of drug-likeness (QED) is 0.209. The van der Waals surface area contributed by atoms with Crippen molar-refractivity contribution in [1.29, 1.82) is 0 Å². The Morgan fingerprint density at radius 1 is 0.769 bits per heavy atom. The van der Waals surface area contributed by atoms with Crippen LogP contribution in [0, 0.1) is 6.92 Å². The first kappa shape index (κ1) is 29.0. The van der Waals surface area contributed by atoms with Crippen molar-refractivity contribution < 1.29 is 0 Å². The van der Waals surface area contributed by atoms with E-state index in [1.165, 1.54) is 27.8 Å². The van der Waals surface area contributed by atoms with Gasteiger partial charge >= 0.3 is 0 Å². The van der Waals surface area contributed by atoms with E-state index < -0.39 is 0 Å². The first-order valence-electron chi connectivity index (χ1n) is 13.2. The Labute approximate surface area is 235 Å². The molecule has 0 bridgehead atoms. The molecule has 2 nitrogen and oxygen atoms in total. The summed E-state index contributed by atoms with van der Waals surface area (Å²) in [5.74, 6) is 0. The molecule has 39 heavy (non-hydrogen) atoms. The largest absolute Gasteiger partial charge is 0.398 e. The molecular formula is C37H40N2. The van der Waals surface area contributed by atoms with Gasteiger partial charge in [0.25, 0.3) is 0 Å². The number of hydrogen-bond acceptors (Lipinski definition) is 2. The number of rotatable bonds is 10. The molecule has 0 radical (unpaired) electrons. The van der Waals surface area contributed by atoms with Crippen LogP contribution >= 0.6 is 0 Å². The Kier molecular flexibility index (Phi) is 10.3. The summed E-state index contributed by atoms with van der Waals surface area (Å²) in [6.45, 7) is 18.8. The second-order valence-corrected chi connectivity index (χ2v) is 9.73. The predicted octanol–water partition coefficient (Wildman–Crippen LogP) is 9.76. The van der Waals surface area contributed by atoms with E-state index in [-0.39, 0.29) is 0 Å². The van der Waals surface area contributed by atoms with Crippen molar-refractivity contribution in [1.82, 2.24) is 5.32 Å². The molecule has 0 aliphatic heterocycles. The molecule has 3 aromatic carbocycles. The Hall–Kier alpha value is -4.56. The third-order valence-corrected chi connectivity index (χ3v) is 6.69. The molecule has 0 amide bonds. The van der Waals surface area contributed by atoms with E-state index >= 15 is 0 Å². The number of benzene rings is 3. The molecule has 0 aromatic heterocycles. The Bertz CT molecular complexity index is 1470. The minimum absolute atomic E-state index is 0.754. The van der Waals surface area contributed by atoms with Gasteiger partial charge in [0.15, 0.2) is 0 Å². The molecule has 3 rings (SSSR count). The van der Waals surface area contributed by atoms with Crippen molar-refractivity contribution >= 4 is 28.1 Å². The smallest absolute Gasteiger partial charge is 0.0454 e. The summed E-state index contributed by atoms with van der Waals surface area (Å²) in [6.07, 6.45) is 12.3. The van der Waals surface area contributed by atoms with Crippen LogP contribution in [0.1, 0.15) is 55.5 Å². The van der Waals surface area contributed by atoms with Crippen LogP contribution in [-0.4, -0.2) is 0 Å². The minimum Gasteiger partial charge on any atom is -0.398 e. The monoisotopic (exact) mass is 512 g/mol. The minimum atomic E-state index is 0.754. The number of nitrogen functional groups attached to an aromatic ring is 1. The number of nitrogens with two attached hydrogens (primary N) is 1. The third kappa shape index (κ3) is 7.96. The summed E-state index contributed by atoms with van der Waals surface area (Å²) in [7, 11) is 0. The van der Waals surface area contributed by atoms with Crippen LogP contribution in [0.4, 0.5) is 5.69 Å². The first-order chi connectivity index (χ1) is 18.7. The molecule has 0 atom stereocenters. The SMILES string of the molecule is C=CC(/C=C(\C)c1ccccc1N)=C(\C=C/C)NC(=C)c1ccc(/C(C)=C/C=C(\C)c2ccc(C)cc2)cc1. The second-order valence-electron chi connectivity index (χ2n) is 9.73. The topological polar surface area (TPSA) is 38.0 Å². The molecule has 0 unspecified atom stereocenters. The van der Waals surface area contributed by atoms with Crippen molar-refractivity contribution in [3.63, 3.8) is 0 Å². The van der Waals surface area contributed by atoms with Gasteiger partial charge in [-0.1, -0.05) is 110 Å². The second kappa shape index (κ2) is 13.8. The van der Waals surface area contributed by atoms with Crippen molar-refractivity contribution in [3.8, 4) is 0 Å². The lowest BCUT2D eigenvalue weighted by atomic mass is 10.0. The average molecular weight is 513 g/mol. The summed E-state index contributed by atoms with van der Waals surface area (Å²) in [4.78, 5) is 0. The maximum Gasteiger partial charge on any atom is 0.0454 e. The first-order valence-corrected chi connectivity index (χ1v) is 13.2. The maximum atomic E-state index is 6.20. The fourth-order valence-corrected chi connectivity index (χ4v) is 4.22. The van der Waals surface area contributed by atoms with E-state index in [1.807, 2.05) is 49.4 Å². The van der Waals surface area contributed by atoms with Crippen molar-refractivity contribution in [2.24, 2.45) is 0 Å². The Morgan fingerprint density at radius 3 is 1.85 bits per heavy atom. The molecule has 0 fully saturated rings. The van der Waals surface area contributed by atoms with Gasteiger partial charge < -0.3 is 11.1 Å². The van der Waals surface area contributed by atoms with E-state index in [4.69, 9.17) is 5.73 Å². The third-order valence-electron chi connectivity index (χ3n) is 6.69. The van der Waals surface area contributed by atoms with Crippen LogP contribution in [0.25, 0.3) is 22.4 Å². The normalized spacial score (nSPS) is 13.3. The zero-order valence-electron chi connectivity index (χ0n) is 23.9. The molecule has 2 heteroatoms. The van der Waals surface area contributed by atoms with Crippen molar-refractivity contribution in [3.05, 3.63) is 161 Å². The van der Waals surface area contributed by atoms with Gasteiger partial charge in [-0.3, -0.25) is 0 Å². The highest BCUT2D eigenvalue weighted by atomic mass is 14.9. The van der Waals surface area contributed by atoms with Gasteiger partial charge in [-0.25, -0.2) is 0 Å². The number of aryl methyl sites for hydroxylation is 1. The van der Waals surface area contributed by atoms with E-state index in [2.05, 4.69) is 113 Å². The predicted molar refractivity (Wildman–Crippen MR) is 174 cm³/mol. The highest BCUT2D eigenvalue weighted by Gasteiger charge is 2.07. The van der Waals surface area contributed by atoms with Crippen molar-refractivity contribution in [2.45, 2.75) is 34.6 Å². The molecule has 198 valence electrons. The summed E-state index contributed by atoms with van der Waals surface area (Å²) in [6, 6.07) is 25.0. The molecular weight excluding hydrogens is 472 g/mol. The standard InChI is InChI=1S/C37H40N2/c1-8-12-37(31(9-2)25-29(6)35-13-10-11-14-36(35)38)39-30(7)34-23-21-33(22-24-34)28(5)18-17-27(4)32-19-15-26(3)16-20-32/h8-25,39H,2,7,38H2,1,3-6H3/b12-8-,27-17+,28-18+,29-25+,37-31-. The lowest BCUT2D eigenvalue weighted by molar-refractivity contribution is 1.12. The van der Waals surface area contributed by atoms with Gasteiger partial charge in [0.05, 0.1) is 0 Å². The van der Waals surface area contributed by atoms with Crippen LogP contribution in [0.15, 0.2) is 134 Å². The zero-order valence-corrected chi connectivity index (χ0v) is 23.9. The average Bonchev–Trinajstić information content (AvgIpc) is 2.94. The van der Waals surface area contributed by atoms with Gasteiger partial charge in [-0.15, -0.1) is 0 Å². The van der Waals surface area contributed by atoms with E-state index in [0.717, 1.165) is 39.4 Å². The van der Waals surface area contributed by atoms with Crippen LogP contribution in [0.5, 0.6) is 0 Å². The summed E-state index contributed by atoms with van der Waals surface area (Å²) >= 11 is 0. The lowest BCUT2D eigenvalue weighted by Crippen LogP contribution is -2.11. The molecule has 0 aliphatic rings. The maximum absolute atomic E-state index is 6.20. The number of nitrogens with one attached hydrogen (secondary N) is 1. The van der Waals surface area contributed by atoms with E-state index in [1.54, 1.807) is 0 Å². The highest BCUT2D eigenvalue weighted by Crippen LogP contribution is 2.25. The molecule has 0 saturated carbocycles. The van der Waals surface area contributed by atoms with Crippen LogP contribution in [0.3, 0.4) is 0 Å². The summed E-state index contributed by atoms with van der Waals surface area (Å²) < 4.78 is 0. The summed E-state index contributed by atoms with van der Waals surface area (Å²) in [5, 5.41) is 3.49. The van der Waals surface area contributed by atoms with Gasteiger partial charge in [-0.2, -0.15) is 0 Å². The lowest BCUT2D eigenvalue weighted by Gasteiger charge is -2.15. The number of para-hydroxylation sites is 1. The summed E-state index contributed by atoms with van der Waals surface area (Å²) in [5.41, 5.74) is 18.9. The van der Waals surface area contributed by atoms with Crippen LogP contribution < -0.4 is 11.1 Å². The fraction of sp³-hybridized carbons (Fsp3) is 0.135.